The maximum absolute atomic E-state index is 13.0. The smallest absolute Gasteiger partial charge is 0.255 e. The Bertz CT molecular complexity index is 1040. The molecule has 0 aromatic heterocycles. The first-order valence-electron chi connectivity index (χ1n) is 14.3. The predicted molar refractivity (Wildman–Crippen MR) is 144 cm³/mol. The second kappa shape index (κ2) is 11.7. The fraction of sp³-hybridized carbons (Fsp3) is 0.690. The first kappa shape index (κ1) is 26.3. The van der Waals surface area contributed by atoms with E-state index in [9.17, 15) is 14.4 Å². The molecule has 4 saturated carbocycles. The van der Waals surface area contributed by atoms with Crippen molar-refractivity contribution in [3.63, 3.8) is 0 Å². The van der Waals surface area contributed by atoms with Crippen LogP contribution in [0.3, 0.4) is 0 Å². The lowest BCUT2D eigenvalue weighted by Gasteiger charge is -2.54. The van der Waals surface area contributed by atoms with E-state index < -0.39 is 6.04 Å². The number of benzene rings is 1. The Morgan fingerprint density at radius 3 is 2.42 bits per heavy atom. The molecule has 1 atom stereocenters. The second-order valence-corrected chi connectivity index (χ2v) is 12.8. The van der Waals surface area contributed by atoms with Gasteiger partial charge in [0.1, 0.15) is 6.04 Å². The maximum Gasteiger partial charge on any atom is 0.255 e. The van der Waals surface area contributed by atoms with Crippen LogP contribution >= 0.6 is 11.8 Å². The lowest BCUT2D eigenvalue weighted by atomic mass is 9.54. The molecule has 2 heterocycles. The number of carbonyl (C=O) groups excluding carboxylic acids is 3. The molecule has 1 aromatic carbocycles. The quantitative estimate of drug-likeness (QED) is 0.239. The van der Waals surface area contributed by atoms with Gasteiger partial charge in [0.15, 0.2) is 0 Å². The van der Waals surface area contributed by atoms with Gasteiger partial charge >= 0.3 is 0 Å². The van der Waals surface area contributed by atoms with Crippen molar-refractivity contribution in [3.8, 4) is 0 Å². The highest BCUT2D eigenvalue weighted by molar-refractivity contribution is 7.99. The highest BCUT2D eigenvalue weighted by Gasteiger charge is 2.47. The van der Waals surface area contributed by atoms with Gasteiger partial charge in [-0.1, -0.05) is 6.07 Å². The normalized spacial score (nSPS) is 31.7. The van der Waals surface area contributed by atoms with E-state index in [2.05, 4.69) is 10.6 Å². The average Bonchev–Trinajstić information content (AvgIpc) is 3.23. The molecule has 1 saturated heterocycles. The van der Waals surface area contributed by atoms with Crippen LogP contribution in [0.15, 0.2) is 23.1 Å². The van der Waals surface area contributed by atoms with Crippen LogP contribution in [0.25, 0.3) is 0 Å². The van der Waals surface area contributed by atoms with Gasteiger partial charge in [0.2, 0.25) is 11.8 Å². The van der Waals surface area contributed by atoms with E-state index in [1.165, 1.54) is 32.1 Å². The number of hydrogen-bond acceptors (Lipinski definition) is 7. The van der Waals surface area contributed by atoms with E-state index in [4.69, 9.17) is 9.47 Å². The molecule has 0 radical (unpaired) electrons. The van der Waals surface area contributed by atoms with Crippen LogP contribution in [-0.4, -0.2) is 73.4 Å². The molecule has 9 heteroatoms. The van der Waals surface area contributed by atoms with E-state index in [0.29, 0.717) is 44.4 Å². The van der Waals surface area contributed by atoms with Gasteiger partial charge in [-0.05, 0) is 79.9 Å². The van der Waals surface area contributed by atoms with Crippen molar-refractivity contribution in [2.75, 3.05) is 38.7 Å². The highest BCUT2D eigenvalue weighted by atomic mass is 32.2. The van der Waals surface area contributed by atoms with Gasteiger partial charge in [0.25, 0.3) is 5.91 Å². The summed E-state index contributed by atoms with van der Waals surface area (Å²) in [5.41, 5.74) is 1.61. The zero-order valence-corrected chi connectivity index (χ0v) is 22.8. The van der Waals surface area contributed by atoms with Crippen LogP contribution in [0.2, 0.25) is 0 Å². The first-order valence-corrected chi connectivity index (χ1v) is 15.3. The number of rotatable bonds is 12. The van der Waals surface area contributed by atoms with Gasteiger partial charge < -0.3 is 19.7 Å². The van der Waals surface area contributed by atoms with Gasteiger partial charge in [0, 0.05) is 41.8 Å². The third-order valence-electron chi connectivity index (χ3n) is 9.25. The van der Waals surface area contributed by atoms with Crippen LogP contribution < -0.4 is 10.6 Å². The SMILES string of the molecule is O=C1CCC(N2Cc3c(SCCOCCOCCNC4C5CC6CC(C5)CC4C6)cccc3C2=O)C(=O)N1. The zero-order chi connectivity index (χ0) is 26.1. The summed E-state index contributed by atoms with van der Waals surface area (Å²) < 4.78 is 11.6. The minimum Gasteiger partial charge on any atom is -0.378 e. The number of piperidine rings is 1. The summed E-state index contributed by atoms with van der Waals surface area (Å²) in [4.78, 5) is 39.4. The molecule has 6 aliphatic rings. The van der Waals surface area contributed by atoms with E-state index in [1.54, 1.807) is 16.7 Å². The van der Waals surface area contributed by atoms with Crippen LogP contribution in [0, 0.1) is 23.7 Å². The Morgan fingerprint density at radius 2 is 1.68 bits per heavy atom. The molecule has 38 heavy (non-hydrogen) atoms. The molecule has 5 fully saturated rings. The maximum atomic E-state index is 13.0. The molecule has 4 bridgehead atoms. The summed E-state index contributed by atoms with van der Waals surface area (Å²) in [6.07, 6.45) is 7.90. The summed E-state index contributed by atoms with van der Waals surface area (Å²) >= 11 is 1.67. The van der Waals surface area contributed by atoms with Crippen molar-refractivity contribution in [1.29, 1.82) is 0 Å². The summed E-state index contributed by atoms with van der Waals surface area (Å²) in [5.74, 6) is 3.81. The first-order chi connectivity index (χ1) is 18.6. The van der Waals surface area contributed by atoms with Crippen LogP contribution in [0.4, 0.5) is 0 Å². The molecule has 1 aromatic rings. The fourth-order valence-electron chi connectivity index (χ4n) is 7.78. The van der Waals surface area contributed by atoms with Gasteiger partial charge in [-0.25, -0.2) is 0 Å². The third kappa shape index (κ3) is 5.53. The number of amides is 3. The molecule has 1 unspecified atom stereocenters. The molecule has 206 valence electrons. The number of hydrogen-bond donors (Lipinski definition) is 2. The third-order valence-corrected chi connectivity index (χ3v) is 10.3. The van der Waals surface area contributed by atoms with E-state index in [1.807, 2.05) is 18.2 Å². The molecule has 2 N–H and O–H groups in total. The topological polar surface area (TPSA) is 97.0 Å². The molecule has 0 spiro atoms. The highest BCUT2D eigenvalue weighted by Crippen LogP contribution is 2.53. The van der Waals surface area contributed by atoms with Crippen LogP contribution in [-0.2, 0) is 25.6 Å². The van der Waals surface area contributed by atoms with Crippen molar-refractivity contribution in [2.45, 2.75) is 68.5 Å². The van der Waals surface area contributed by atoms with Crippen LogP contribution in [0.1, 0.15) is 60.9 Å². The summed E-state index contributed by atoms with van der Waals surface area (Å²) in [7, 11) is 0. The van der Waals surface area contributed by atoms with E-state index in [-0.39, 0.29) is 24.1 Å². The van der Waals surface area contributed by atoms with Gasteiger partial charge in [-0.2, -0.15) is 0 Å². The Hall–Kier alpha value is -1.94. The lowest BCUT2D eigenvalue weighted by molar-refractivity contribution is -0.136. The van der Waals surface area contributed by atoms with Crippen LogP contribution in [0.5, 0.6) is 0 Å². The summed E-state index contributed by atoms with van der Waals surface area (Å²) in [6, 6.07) is 5.85. The molecule has 3 amide bonds. The number of nitrogens with zero attached hydrogens (tertiary/aromatic N) is 1. The summed E-state index contributed by atoms with van der Waals surface area (Å²) in [5, 5.41) is 6.17. The standard InChI is InChI=1S/C29H39N3O5S/c33-26-5-4-24(28(34)31-26)32-17-23-22(29(32)35)2-1-3-25(23)38-11-10-37-9-8-36-7-6-30-27-20-13-18-12-19(15-20)16-21(27)14-18/h1-3,18-21,24,27,30H,4-17H2,(H,31,33,34). The number of carbonyl (C=O) groups is 3. The van der Waals surface area contributed by atoms with Crippen molar-refractivity contribution in [1.82, 2.24) is 15.5 Å². The van der Waals surface area contributed by atoms with Gasteiger partial charge in [0.05, 0.1) is 26.4 Å². The Morgan fingerprint density at radius 1 is 0.947 bits per heavy atom. The van der Waals surface area contributed by atoms with E-state index >= 15 is 0 Å². The minimum absolute atomic E-state index is 0.136. The Labute approximate surface area is 228 Å². The molecular weight excluding hydrogens is 502 g/mol. The number of fused-ring (bicyclic) bond motifs is 1. The molecule has 7 rings (SSSR count). The van der Waals surface area contributed by atoms with Crippen molar-refractivity contribution in [2.24, 2.45) is 23.7 Å². The number of nitrogens with one attached hydrogen (secondary N) is 2. The van der Waals surface area contributed by atoms with Gasteiger partial charge in [-0.3, -0.25) is 19.7 Å². The second-order valence-electron chi connectivity index (χ2n) is 11.7. The fourth-order valence-corrected chi connectivity index (χ4v) is 8.73. The van der Waals surface area contributed by atoms with Crippen molar-refractivity contribution in [3.05, 3.63) is 29.3 Å². The van der Waals surface area contributed by atoms with Crippen molar-refractivity contribution >= 4 is 29.5 Å². The number of ether oxygens (including phenoxy) is 2. The minimum atomic E-state index is -0.586. The average molecular weight is 542 g/mol. The van der Waals surface area contributed by atoms with E-state index in [0.717, 1.165) is 53.0 Å². The van der Waals surface area contributed by atoms with Gasteiger partial charge in [-0.15, -0.1) is 11.8 Å². The molecule has 2 aliphatic heterocycles. The molecular formula is C29H39N3O5S. The Kier molecular flexibility index (Phi) is 8.07. The Balaban J connectivity index is 0.861. The lowest BCUT2D eigenvalue weighted by Crippen LogP contribution is -2.55. The summed E-state index contributed by atoms with van der Waals surface area (Å²) in [6.45, 7) is 3.84. The van der Waals surface area contributed by atoms with Crippen molar-refractivity contribution < 1.29 is 23.9 Å². The molecule has 8 nitrogen and oxygen atoms in total. The monoisotopic (exact) mass is 541 g/mol. The predicted octanol–water partition coefficient (Wildman–Crippen LogP) is 2.99. The zero-order valence-electron chi connectivity index (χ0n) is 22.0. The number of thioether (sulfide) groups is 1. The largest absolute Gasteiger partial charge is 0.378 e. The number of imide groups is 1. The molecule has 4 aliphatic carbocycles.